The average molecular weight is 448 g/mol. The summed E-state index contributed by atoms with van der Waals surface area (Å²) in [6, 6.07) is 15.5. The maximum Gasteiger partial charge on any atom is 0.273 e. The van der Waals surface area contributed by atoms with Gasteiger partial charge in [-0.3, -0.25) is 9.69 Å². The first-order valence-electron chi connectivity index (χ1n) is 9.47. The summed E-state index contributed by atoms with van der Waals surface area (Å²) < 4.78 is 10.5. The first kappa shape index (κ1) is 22.3. The maximum atomic E-state index is 12.1. The van der Waals surface area contributed by atoms with Gasteiger partial charge in [0.2, 0.25) is 5.89 Å². The van der Waals surface area contributed by atoms with E-state index in [2.05, 4.69) is 27.3 Å². The minimum Gasteiger partial charge on any atom is -0.447 e. The third-order valence-electron chi connectivity index (χ3n) is 4.39. The fourth-order valence-corrected chi connectivity index (χ4v) is 3.40. The fraction of sp³-hybridized carbons (Fsp3) is 0.273. The Morgan fingerprint density at radius 3 is 2.67 bits per heavy atom. The van der Waals surface area contributed by atoms with E-state index in [1.807, 2.05) is 30.3 Å². The SMILES string of the molecule is COCCNC(=O)c1coc(CN(Cc2ccccc2)Cc2ccc(Cl)cc2Cl)n1. The molecular weight excluding hydrogens is 425 g/mol. The monoisotopic (exact) mass is 447 g/mol. The van der Waals surface area contributed by atoms with Gasteiger partial charge in [-0.25, -0.2) is 4.98 Å². The van der Waals surface area contributed by atoms with Gasteiger partial charge in [-0.15, -0.1) is 0 Å². The molecule has 0 aliphatic heterocycles. The Bertz CT molecular complexity index is 963. The molecule has 6 nitrogen and oxygen atoms in total. The Kier molecular flexibility index (Phi) is 8.28. The van der Waals surface area contributed by atoms with E-state index in [1.165, 1.54) is 6.26 Å². The molecule has 0 radical (unpaired) electrons. The highest BCUT2D eigenvalue weighted by Crippen LogP contribution is 2.24. The predicted octanol–water partition coefficient (Wildman–Crippen LogP) is 4.56. The highest BCUT2D eigenvalue weighted by atomic mass is 35.5. The Morgan fingerprint density at radius 1 is 1.13 bits per heavy atom. The summed E-state index contributed by atoms with van der Waals surface area (Å²) >= 11 is 12.4. The van der Waals surface area contributed by atoms with Crippen LogP contribution in [0.1, 0.15) is 27.5 Å². The second kappa shape index (κ2) is 11.1. The lowest BCUT2D eigenvalue weighted by atomic mass is 10.1. The number of rotatable bonds is 10. The lowest BCUT2D eigenvalue weighted by Gasteiger charge is -2.21. The minimum absolute atomic E-state index is 0.241. The van der Waals surface area contributed by atoms with Gasteiger partial charge in [0.25, 0.3) is 5.91 Å². The maximum absolute atomic E-state index is 12.1. The van der Waals surface area contributed by atoms with Crippen LogP contribution in [0, 0.1) is 0 Å². The molecule has 0 aliphatic rings. The van der Waals surface area contributed by atoms with Crippen LogP contribution in [-0.4, -0.2) is 36.1 Å². The lowest BCUT2D eigenvalue weighted by Crippen LogP contribution is -2.27. The van der Waals surface area contributed by atoms with Crippen LogP contribution in [-0.2, 0) is 24.4 Å². The first-order valence-corrected chi connectivity index (χ1v) is 10.2. The molecule has 2 aromatic carbocycles. The molecule has 158 valence electrons. The number of halogens is 2. The number of ether oxygens (including phenoxy) is 1. The van der Waals surface area contributed by atoms with E-state index in [1.54, 1.807) is 13.2 Å². The average Bonchev–Trinajstić information content (AvgIpc) is 3.19. The number of methoxy groups -OCH3 is 1. The molecule has 1 amide bonds. The van der Waals surface area contributed by atoms with Gasteiger partial charge in [0.05, 0.1) is 13.2 Å². The Hall–Kier alpha value is -2.38. The molecule has 8 heteroatoms. The smallest absolute Gasteiger partial charge is 0.273 e. The van der Waals surface area contributed by atoms with Gasteiger partial charge in [0, 0.05) is 36.8 Å². The highest BCUT2D eigenvalue weighted by molar-refractivity contribution is 6.35. The molecule has 0 unspecified atom stereocenters. The summed E-state index contributed by atoms with van der Waals surface area (Å²) in [6.07, 6.45) is 1.37. The molecule has 0 saturated heterocycles. The molecule has 0 fully saturated rings. The molecule has 3 aromatic rings. The Labute approximate surface area is 185 Å². The van der Waals surface area contributed by atoms with Crippen molar-refractivity contribution < 1.29 is 13.9 Å². The van der Waals surface area contributed by atoms with Crippen molar-refractivity contribution in [1.82, 2.24) is 15.2 Å². The van der Waals surface area contributed by atoms with Gasteiger partial charge >= 0.3 is 0 Å². The van der Waals surface area contributed by atoms with Crippen molar-refractivity contribution in [2.75, 3.05) is 20.3 Å². The van der Waals surface area contributed by atoms with E-state index >= 15 is 0 Å². The number of nitrogens with zero attached hydrogens (tertiary/aromatic N) is 2. The zero-order valence-corrected chi connectivity index (χ0v) is 18.1. The molecule has 0 saturated carbocycles. The molecule has 0 bridgehead atoms. The molecule has 3 rings (SSSR count). The quantitative estimate of drug-likeness (QED) is 0.461. The number of nitrogens with one attached hydrogen (secondary N) is 1. The summed E-state index contributed by atoms with van der Waals surface area (Å²) in [6.45, 7) is 2.50. The van der Waals surface area contributed by atoms with Gasteiger partial charge < -0.3 is 14.5 Å². The molecule has 0 aliphatic carbocycles. The van der Waals surface area contributed by atoms with E-state index in [9.17, 15) is 4.79 Å². The molecule has 30 heavy (non-hydrogen) atoms. The number of amides is 1. The van der Waals surface area contributed by atoms with Crippen LogP contribution < -0.4 is 5.32 Å². The summed E-state index contributed by atoms with van der Waals surface area (Å²) in [5.41, 5.74) is 2.33. The van der Waals surface area contributed by atoms with E-state index < -0.39 is 0 Å². The summed E-state index contributed by atoms with van der Waals surface area (Å²) in [5.74, 6) is 0.158. The number of hydrogen-bond acceptors (Lipinski definition) is 5. The van der Waals surface area contributed by atoms with Crippen molar-refractivity contribution in [3.05, 3.63) is 87.6 Å². The highest BCUT2D eigenvalue weighted by Gasteiger charge is 2.16. The minimum atomic E-state index is -0.294. The number of benzene rings is 2. The van der Waals surface area contributed by atoms with E-state index in [0.717, 1.165) is 11.1 Å². The number of hydrogen-bond donors (Lipinski definition) is 1. The second-order valence-corrected chi connectivity index (χ2v) is 7.59. The van der Waals surface area contributed by atoms with Crippen LogP contribution in [0.25, 0.3) is 0 Å². The van der Waals surface area contributed by atoms with Crippen LogP contribution in [0.15, 0.2) is 59.2 Å². The van der Waals surface area contributed by atoms with E-state index in [4.69, 9.17) is 32.4 Å². The first-order chi connectivity index (χ1) is 14.5. The van der Waals surface area contributed by atoms with Crippen LogP contribution in [0.2, 0.25) is 10.0 Å². The third kappa shape index (κ3) is 6.57. The zero-order chi connectivity index (χ0) is 21.3. The Morgan fingerprint density at radius 2 is 1.93 bits per heavy atom. The summed E-state index contributed by atoms with van der Waals surface area (Å²) in [5, 5.41) is 3.92. The van der Waals surface area contributed by atoms with Gasteiger partial charge in [-0.2, -0.15) is 0 Å². The number of aromatic nitrogens is 1. The topological polar surface area (TPSA) is 67.6 Å². The van der Waals surface area contributed by atoms with Crippen molar-refractivity contribution in [3.63, 3.8) is 0 Å². The summed E-state index contributed by atoms with van der Waals surface area (Å²) in [4.78, 5) is 18.6. The van der Waals surface area contributed by atoms with Gasteiger partial charge in [0.1, 0.15) is 6.26 Å². The van der Waals surface area contributed by atoms with Crippen molar-refractivity contribution >= 4 is 29.1 Å². The number of oxazole rings is 1. The largest absolute Gasteiger partial charge is 0.447 e. The van der Waals surface area contributed by atoms with Crippen LogP contribution in [0.5, 0.6) is 0 Å². The zero-order valence-electron chi connectivity index (χ0n) is 16.6. The third-order valence-corrected chi connectivity index (χ3v) is 4.98. The lowest BCUT2D eigenvalue weighted by molar-refractivity contribution is 0.0932. The van der Waals surface area contributed by atoms with Crippen LogP contribution in [0.4, 0.5) is 0 Å². The van der Waals surface area contributed by atoms with Gasteiger partial charge in [-0.05, 0) is 23.3 Å². The van der Waals surface area contributed by atoms with Crippen molar-refractivity contribution in [1.29, 1.82) is 0 Å². The fourth-order valence-electron chi connectivity index (χ4n) is 2.94. The normalized spacial score (nSPS) is 11.1. The van der Waals surface area contributed by atoms with E-state index in [-0.39, 0.29) is 11.6 Å². The second-order valence-electron chi connectivity index (χ2n) is 6.74. The molecule has 0 atom stereocenters. The number of carbonyl (C=O) groups is 1. The molecule has 0 spiro atoms. The van der Waals surface area contributed by atoms with Gasteiger partial charge in [0.15, 0.2) is 5.69 Å². The number of carbonyl (C=O) groups excluding carboxylic acids is 1. The Balaban J connectivity index is 1.73. The molecule has 1 heterocycles. The molecular formula is C22H23Cl2N3O3. The standard InChI is InChI=1S/C22H23Cl2N3O3/c1-29-10-9-25-22(28)20-15-30-21(26-20)14-27(12-16-5-3-2-4-6-16)13-17-7-8-18(23)11-19(17)24/h2-8,11,15H,9-10,12-14H2,1H3,(H,25,28). The van der Waals surface area contributed by atoms with Crippen LogP contribution in [0.3, 0.4) is 0 Å². The van der Waals surface area contributed by atoms with Crippen molar-refractivity contribution in [2.45, 2.75) is 19.6 Å². The predicted molar refractivity (Wildman–Crippen MR) is 117 cm³/mol. The van der Waals surface area contributed by atoms with Crippen LogP contribution >= 0.6 is 23.2 Å². The summed E-state index contributed by atoms with van der Waals surface area (Å²) in [7, 11) is 1.58. The molecule has 1 aromatic heterocycles. The van der Waals surface area contributed by atoms with Crippen molar-refractivity contribution in [3.8, 4) is 0 Å². The van der Waals surface area contributed by atoms with Gasteiger partial charge in [-0.1, -0.05) is 59.6 Å². The van der Waals surface area contributed by atoms with Crippen molar-refractivity contribution in [2.24, 2.45) is 0 Å². The molecule has 1 N–H and O–H groups in total. The van der Waals surface area contributed by atoms with E-state index in [0.29, 0.717) is 48.7 Å².